The molecule has 0 saturated carbocycles. The Kier molecular flexibility index (Phi) is 3.13. The molecule has 0 aliphatic rings. The van der Waals surface area contributed by atoms with Gasteiger partial charge in [-0.2, -0.15) is 0 Å². The molecule has 0 fully saturated rings. The lowest BCUT2D eigenvalue weighted by Gasteiger charge is -2.07. The fourth-order valence-electron chi connectivity index (χ4n) is 2.03. The Bertz CT molecular complexity index is 842. The van der Waals surface area contributed by atoms with E-state index in [-0.39, 0.29) is 5.56 Å². The first-order chi connectivity index (χ1) is 10.0. The summed E-state index contributed by atoms with van der Waals surface area (Å²) in [6, 6.07) is 7.79. The highest BCUT2D eigenvalue weighted by Crippen LogP contribution is 2.21. The molecular weight excluding hydrogens is 281 g/mol. The first kappa shape index (κ1) is 13.2. The third-order valence-corrected chi connectivity index (χ3v) is 3.06. The fourth-order valence-corrected chi connectivity index (χ4v) is 2.03. The molecule has 1 aromatic heterocycles. The highest BCUT2D eigenvalue weighted by atomic mass is 19.2. The van der Waals surface area contributed by atoms with Gasteiger partial charge in [0.05, 0.1) is 5.69 Å². The predicted molar refractivity (Wildman–Crippen MR) is 72.6 cm³/mol. The number of H-pyrrole nitrogens is 1. The maximum Gasteiger partial charge on any atom is 0.255 e. The summed E-state index contributed by atoms with van der Waals surface area (Å²) in [7, 11) is 0. The van der Waals surface area contributed by atoms with Crippen LogP contribution in [-0.4, -0.2) is 10.9 Å². The molecule has 0 aliphatic heterocycles. The Morgan fingerprint density at radius 3 is 2.67 bits per heavy atom. The minimum absolute atomic E-state index is 0.244. The van der Waals surface area contributed by atoms with Crippen LogP contribution >= 0.6 is 0 Å². The van der Waals surface area contributed by atoms with Gasteiger partial charge in [-0.3, -0.25) is 4.79 Å². The van der Waals surface area contributed by atoms with Crippen molar-refractivity contribution in [2.75, 3.05) is 5.32 Å². The van der Waals surface area contributed by atoms with Crippen molar-refractivity contribution in [1.29, 1.82) is 0 Å². The van der Waals surface area contributed by atoms with Crippen LogP contribution in [0, 0.1) is 17.5 Å². The average Bonchev–Trinajstić information content (AvgIpc) is 2.91. The normalized spacial score (nSPS) is 10.8. The molecule has 6 heteroatoms. The second-order valence-electron chi connectivity index (χ2n) is 4.48. The molecule has 0 atom stereocenters. The van der Waals surface area contributed by atoms with Crippen LogP contribution in [0.4, 0.5) is 18.9 Å². The number of hydrogen-bond donors (Lipinski definition) is 2. The summed E-state index contributed by atoms with van der Waals surface area (Å²) in [5.41, 5.74) is 0.437. The maximum atomic E-state index is 13.5. The largest absolute Gasteiger partial charge is 0.361 e. The molecule has 21 heavy (non-hydrogen) atoms. The molecule has 106 valence electrons. The number of halogens is 3. The third kappa shape index (κ3) is 2.47. The number of rotatable bonds is 2. The molecule has 0 radical (unpaired) electrons. The fraction of sp³-hybridized carbons (Fsp3) is 0. The highest BCUT2D eigenvalue weighted by molar-refractivity contribution is 6.06. The van der Waals surface area contributed by atoms with E-state index in [0.717, 1.165) is 17.0 Å². The second kappa shape index (κ2) is 4.97. The molecule has 0 saturated heterocycles. The van der Waals surface area contributed by atoms with Gasteiger partial charge in [0.25, 0.3) is 5.91 Å². The van der Waals surface area contributed by atoms with Crippen LogP contribution in [-0.2, 0) is 0 Å². The van der Waals surface area contributed by atoms with Crippen LogP contribution in [0.3, 0.4) is 0 Å². The van der Waals surface area contributed by atoms with Crippen LogP contribution in [0.5, 0.6) is 0 Å². The number of benzene rings is 2. The number of aromatic nitrogens is 1. The highest BCUT2D eigenvalue weighted by Gasteiger charge is 2.15. The average molecular weight is 290 g/mol. The van der Waals surface area contributed by atoms with Gasteiger partial charge < -0.3 is 10.3 Å². The number of fused-ring (bicyclic) bond motifs is 1. The van der Waals surface area contributed by atoms with Gasteiger partial charge in [-0.25, -0.2) is 13.2 Å². The number of carbonyl (C=O) groups excluding carboxylic acids is 1. The van der Waals surface area contributed by atoms with Crippen molar-refractivity contribution in [3.63, 3.8) is 0 Å². The second-order valence-corrected chi connectivity index (χ2v) is 4.48. The molecule has 1 heterocycles. The van der Waals surface area contributed by atoms with Crippen molar-refractivity contribution >= 4 is 22.5 Å². The minimum atomic E-state index is -1.36. The molecule has 2 N–H and O–H groups in total. The van der Waals surface area contributed by atoms with Crippen molar-refractivity contribution in [2.24, 2.45) is 0 Å². The van der Waals surface area contributed by atoms with E-state index in [1.165, 1.54) is 0 Å². The van der Waals surface area contributed by atoms with Crippen LogP contribution in [0.2, 0.25) is 0 Å². The molecule has 3 nitrogen and oxygen atoms in total. The minimum Gasteiger partial charge on any atom is -0.361 e. The van der Waals surface area contributed by atoms with Crippen molar-refractivity contribution in [1.82, 2.24) is 4.98 Å². The molecule has 0 aliphatic carbocycles. The van der Waals surface area contributed by atoms with E-state index in [0.29, 0.717) is 6.07 Å². The Morgan fingerprint density at radius 2 is 1.86 bits per heavy atom. The van der Waals surface area contributed by atoms with Gasteiger partial charge in [0.1, 0.15) is 5.82 Å². The zero-order chi connectivity index (χ0) is 15.0. The molecule has 0 bridgehead atoms. The summed E-state index contributed by atoms with van der Waals surface area (Å²) in [5.74, 6) is -4.28. The van der Waals surface area contributed by atoms with Crippen LogP contribution < -0.4 is 5.32 Å². The zero-order valence-electron chi connectivity index (χ0n) is 10.6. The standard InChI is InChI=1S/C15H9F3N2O/c16-10-6-11(17)14(18)13(7-10)20-15(21)9-2-1-8-3-4-19-12(8)5-9/h1-7,19H,(H,20,21). The van der Waals surface area contributed by atoms with Gasteiger partial charge in [-0.05, 0) is 23.6 Å². The topological polar surface area (TPSA) is 44.9 Å². The van der Waals surface area contributed by atoms with Gasteiger partial charge in [0.2, 0.25) is 0 Å². The summed E-state index contributed by atoms with van der Waals surface area (Å²) in [6.45, 7) is 0. The Morgan fingerprint density at radius 1 is 1.05 bits per heavy atom. The first-order valence-electron chi connectivity index (χ1n) is 6.07. The van der Waals surface area contributed by atoms with Crippen molar-refractivity contribution in [3.05, 3.63) is 65.6 Å². The number of anilines is 1. The van der Waals surface area contributed by atoms with Gasteiger partial charge in [-0.15, -0.1) is 0 Å². The summed E-state index contributed by atoms with van der Waals surface area (Å²) < 4.78 is 39.7. The summed E-state index contributed by atoms with van der Waals surface area (Å²) >= 11 is 0. The van der Waals surface area contributed by atoms with E-state index in [1.807, 2.05) is 6.07 Å². The van der Waals surface area contributed by atoms with Gasteiger partial charge >= 0.3 is 0 Å². The Hall–Kier alpha value is -2.76. The lowest BCUT2D eigenvalue weighted by Crippen LogP contribution is -2.13. The van der Waals surface area contributed by atoms with E-state index in [9.17, 15) is 18.0 Å². The number of aromatic amines is 1. The summed E-state index contributed by atoms with van der Waals surface area (Å²) in [6.07, 6.45) is 1.72. The van der Waals surface area contributed by atoms with Crippen molar-refractivity contribution < 1.29 is 18.0 Å². The SMILES string of the molecule is O=C(Nc1cc(F)cc(F)c1F)c1ccc2cc[nH]c2c1. The number of nitrogens with one attached hydrogen (secondary N) is 2. The first-order valence-corrected chi connectivity index (χ1v) is 6.07. The number of carbonyl (C=O) groups is 1. The predicted octanol–water partition coefficient (Wildman–Crippen LogP) is 3.84. The molecular formula is C15H9F3N2O. The van der Waals surface area contributed by atoms with E-state index in [4.69, 9.17) is 0 Å². The molecule has 2 aromatic carbocycles. The van der Waals surface area contributed by atoms with Gasteiger partial charge in [-0.1, -0.05) is 6.07 Å². The molecule has 3 aromatic rings. The third-order valence-electron chi connectivity index (χ3n) is 3.06. The number of hydrogen-bond acceptors (Lipinski definition) is 1. The molecule has 3 rings (SSSR count). The Labute approximate surface area is 117 Å². The maximum absolute atomic E-state index is 13.5. The van der Waals surface area contributed by atoms with E-state index in [1.54, 1.807) is 24.4 Å². The quantitative estimate of drug-likeness (QED) is 0.692. The molecule has 0 unspecified atom stereocenters. The smallest absolute Gasteiger partial charge is 0.255 e. The number of amides is 1. The van der Waals surface area contributed by atoms with Gasteiger partial charge in [0.15, 0.2) is 11.6 Å². The van der Waals surface area contributed by atoms with Crippen LogP contribution in [0.15, 0.2) is 42.6 Å². The van der Waals surface area contributed by atoms with Crippen molar-refractivity contribution in [3.8, 4) is 0 Å². The monoisotopic (exact) mass is 290 g/mol. The lowest BCUT2D eigenvalue weighted by atomic mass is 10.1. The van der Waals surface area contributed by atoms with E-state index >= 15 is 0 Å². The van der Waals surface area contributed by atoms with Crippen molar-refractivity contribution in [2.45, 2.75) is 0 Å². The van der Waals surface area contributed by atoms with Crippen LogP contribution in [0.25, 0.3) is 10.9 Å². The van der Waals surface area contributed by atoms with Gasteiger partial charge in [0, 0.05) is 29.4 Å². The van der Waals surface area contributed by atoms with E-state index < -0.39 is 29.0 Å². The lowest BCUT2D eigenvalue weighted by molar-refractivity contribution is 0.102. The summed E-state index contributed by atoms with van der Waals surface area (Å²) in [4.78, 5) is 15.0. The van der Waals surface area contributed by atoms with E-state index in [2.05, 4.69) is 10.3 Å². The molecule has 1 amide bonds. The zero-order valence-corrected chi connectivity index (χ0v) is 10.6. The molecule has 0 spiro atoms. The van der Waals surface area contributed by atoms with Crippen LogP contribution in [0.1, 0.15) is 10.4 Å². The Balaban J connectivity index is 1.92. The summed E-state index contributed by atoms with van der Waals surface area (Å²) in [5, 5.41) is 3.07.